The van der Waals surface area contributed by atoms with E-state index in [9.17, 15) is 4.79 Å². The number of carbonyl (C=O) groups excluding carboxylic acids is 1. The number of hydrogen-bond acceptors (Lipinski definition) is 5. The maximum Gasteiger partial charge on any atom is 0.251 e. The SMILES string of the molecule is O=C(NCc1ccco1)c1cccc(Cn2nnnc2C2CCCC2)c1. The van der Waals surface area contributed by atoms with Gasteiger partial charge in [-0.1, -0.05) is 25.0 Å². The number of amides is 1. The summed E-state index contributed by atoms with van der Waals surface area (Å²) in [5.74, 6) is 2.00. The Kier molecular flexibility index (Phi) is 4.77. The van der Waals surface area contributed by atoms with Crippen LogP contribution >= 0.6 is 0 Å². The fourth-order valence-corrected chi connectivity index (χ4v) is 3.47. The van der Waals surface area contributed by atoms with Gasteiger partial charge >= 0.3 is 0 Å². The molecule has 134 valence electrons. The summed E-state index contributed by atoms with van der Waals surface area (Å²) in [5, 5.41) is 15.1. The zero-order valence-electron chi connectivity index (χ0n) is 14.5. The first-order chi connectivity index (χ1) is 12.8. The molecule has 1 saturated carbocycles. The minimum Gasteiger partial charge on any atom is -0.467 e. The summed E-state index contributed by atoms with van der Waals surface area (Å²) in [7, 11) is 0. The summed E-state index contributed by atoms with van der Waals surface area (Å²) in [6.07, 6.45) is 6.37. The van der Waals surface area contributed by atoms with Crippen molar-refractivity contribution in [3.05, 3.63) is 65.4 Å². The predicted molar refractivity (Wildman–Crippen MR) is 94.4 cm³/mol. The number of carbonyl (C=O) groups is 1. The molecule has 4 rings (SSSR count). The quantitative estimate of drug-likeness (QED) is 0.738. The van der Waals surface area contributed by atoms with Crippen LogP contribution < -0.4 is 5.32 Å². The average molecular weight is 351 g/mol. The van der Waals surface area contributed by atoms with Gasteiger partial charge in [0.15, 0.2) is 5.82 Å². The molecule has 1 amide bonds. The van der Waals surface area contributed by atoms with Crippen LogP contribution in [0.1, 0.15) is 59.1 Å². The molecule has 7 heteroatoms. The van der Waals surface area contributed by atoms with Gasteiger partial charge in [0.2, 0.25) is 0 Å². The fraction of sp³-hybridized carbons (Fsp3) is 0.368. The first-order valence-corrected chi connectivity index (χ1v) is 8.95. The third kappa shape index (κ3) is 3.66. The van der Waals surface area contributed by atoms with Crippen LogP contribution in [0.4, 0.5) is 0 Å². The molecule has 2 heterocycles. The van der Waals surface area contributed by atoms with E-state index in [1.807, 2.05) is 28.9 Å². The zero-order valence-corrected chi connectivity index (χ0v) is 14.5. The number of nitrogens with zero attached hydrogens (tertiary/aromatic N) is 4. The Morgan fingerprint density at radius 2 is 2.12 bits per heavy atom. The van der Waals surface area contributed by atoms with E-state index in [-0.39, 0.29) is 5.91 Å². The minimum atomic E-state index is -0.129. The van der Waals surface area contributed by atoms with Gasteiger partial charge in [0.1, 0.15) is 5.76 Å². The van der Waals surface area contributed by atoms with E-state index in [1.165, 1.54) is 12.8 Å². The number of aromatic nitrogens is 4. The van der Waals surface area contributed by atoms with Crippen LogP contribution in [0.2, 0.25) is 0 Å². The summed E-state index contributed by atoms with van der Waals surface area (Å²) in [5.41, 5.74) is 1.62. The van der Waals surface area contributed by atoms with Crippen molar-refractivity contribution in [1.29, 1.82) is 0 Å². The molecule has 1 aliphatic carbocycles. The van der Waals surface area contributed by atoms with Crippen molar-refractivity contribution in [2.45, 2.75) is 44.7 Å². The van der Waals surface area contributed by atoms with Crippen molar-refractivity contribution in [3.8, 4) is 0 Å². The Balaban J connectivity index is 1.44. The molecule has 0 radical (unpaired) electrons. The van der Waals surface area contributed by atoms with Gasteiger partial charge < -0.3 is 9.73 Å². The van der Waals surface area contributed by atoms with E-state index >= 15 is 0 Å². The first kappa shape index (κ1) is 16.5. The largest absolute Gasteiger partial charge is 0.467 e. The highest BCUT2D eigenvalue weighted by atomic mass is 16.3. The van der Waals surface area contributed by atoms with Crippen molar-refractivity contribution >= 4 is 5.91 Å². The highest BCUT2D eigenvalue weighted by Gasteiger charge is 2.23. The molecule has 26 heavy (non-hydrogen) atoms. The van der Waals surface area contributed by atoms with Crippen molar-refractivity contribution in [2.75, 3.05) is 0 Å². The second-order valence-electron chi connectivity index (χ2n) is 6.64. The lowest BCUT2D eigenvalue weighted by Gasteiger charge is -2.10. The normalized spacial score (nSPS) is 14.6. The van der Waals surface area contributed by atoms with E-state index in [0.29, 0.717) is 24.6 Å². The van der Waals surface area contributed by atoms with Gasteiger partial charge in [0.25, 0.3) is 5.91 Å². The van der Waals surface area contributed by atoms with E-state index in [1.54, 1.807) is 18.4 Å². The molecule has 1 aromatic carbocycles. The van der Waals surface area contributed by atoms with Gasteiger partial charge in [-0.05, 0) is 53.1 Å². The topological polar surface area (TPSA) is 85.8 Å². The van der Waals surface area contributed by atoms with Gasteiger partial charge in [-0.15, -0.1) is 5.10 Å². The Morgan fingerprint density at radius 1 is 1.23 bits per heavy atom. The molecular weight excluding hydrogens is 330 g/mol. The van der Waals surface area contributed by atoms with Crippen molar-refractivity contribution in [2.24, 2.45) is 0 Å². The summed E-state index contributed by atoms with van der Waals surface area (Å²) >= 11 is 0. The molecule has 0 saturated heterocycles. The van der Waals surface area contributed by atoms with Crippen LogP contribution in [-0.4, -0.2) is 26.1 Å². The van der Waals surface area contributed by atoms with E-state index in [0.717, 1.165) is 30.0 Å². The number of tetrazole rings is 1. The van der Waals surface area contributed by atoms with Crippen LogP contribution in [0.25, 0.3) is 0 Å². The molecule has 2 aromatic heterocycles. The van der Waals surface area contributed by atoms with Crippen LogP contribution in [0.3, 0.4) is 0 Å². The molecule has 1 fully saturated rings. The molecule has 0 spiro atoms. The van der Waals surface area contributed by atoms with Gasteiger partial charge in [-0.2, -0.15) is 0 Å². The van der Waals surface area contributed by atoms with Crippen LogP contribution in [0.5, 0.6) is 0 Å². The maximum absolute atomic E-state index is 12.4. The molecule has 1 N–H and O–H groups in total. The molecule has 7 nitrogen and oxygen atoms in total. The van der Waals surface area contributed by atoms with Crippen LogP contribution in [0, 0.1) is 0 Å². The Morgan fingerprint density at radius 3 is 2.92 bits per heavy atom. The lowest BCUT2D eigenvalue weighted by atomic mass is 10.1. The number of hydrogen-bond donors (Lipinski definition) is 1. The van der Waals surface area contributed by atoms with Crippen LogP contribution in [0.15, 0.2) is 47.1 Å². The summed E-state index contributed by atoms with van der Waals surface area (Å²) in [6.45, 7) is 0.938. The standard InChI is InChI=1S/C19H21N5O2/c25-19(20-12-17-9-4-10-26-17)16-8-3-5-14(11-16)13-24-18(21-22-23-24)15-6-1-2-7-15/h3-5,8-11,15H,1-2,6-7,12-13H2,(H,20,25). The Hall–Kier alpha value is -2.96. The van der Waals surface area contributed by atoms with Crippen molar-refractivity contribution < 1.29 is 9.21 Å². The lowest BCUT2D eigenvalue weighted by Crippen LogP contribution is -2.22. The lowest BCUT2D eigenvalue weighted by molar-refractivity contribution is 0.0948. The second kappa shape index (κ2) is 7.51. The third-order valence-electron chi connectivity index (χ3n) is 4.80. The van der Waals surface area contributed by atoms with Gasteiger partial charge in [0.05, 0.1) is 19.4 Å². The number of benzene rings is 1. The summed E-state index contributed by atoms with van der Waals surface area (Å²) < 4.78 is 7.09. The fourth-order valence-electron chi connectivity index (χ4n) is 3.47. The number of furan rings is 1. The minimum absolute atomic E-state index is 0.129. The number of nitrogens with one attached hydrogen (secondary N) is 1. The van der Waals surface area contributed by atoms with Crippen molar-refractivity contribution in [3.63, 3.8) is 0 Å². The van der Waals surface area contributed by atoms with Crippen LogP contribution in [-0.2, 0) is 13.1 Å². The smallest absolute Gasteiger partial charge is 0.251 e. The highest BCUT2D eigenvalue weighted by Crippen LogP contribution is 2.32. The maximum atomic E-state index is 12.4. The molecule has 1 aliphatic rings. The van der Waals surface area contributed by atoms with E-state index in [2.05, 4.69) is 20.8 Å². The van der Waals surface area contributed by atoms with E-state index < -0.39 is 0 Å². The van der Waals surface area contributed by atoms with Gasteiger partial charge in [0, 0.05) is 11.5 Å². The predicted octanol–water partition coefficient (Wildman–Crippen LogP) is 2.90. The number of rotatable bonds is 6. The first-order valence-electron chi connectivity index (χ1n) is 8.95. The highest BCUT2D eigenvalue weighted by molar-refractivity contribution is 5.94. The van der Waals surface area contributed by atoms with Gasteiger partial charge in [-0.25, -0.2) is 4.68 Å². The second-order valence-corrected chi connectivity index (χ2v) is 6.64. The molecule has 3 aromatic rings. The zero-order chi connectivity index (χ0) is 17.8. The van der Waals surface area contributed by atoms with Crippen molar-refractivity contribution in [1.82, 2.24) is 25.5 Å². The average Bonchev–Trinajstić information content (AvgIpc) is 3.41. The monoisotopic (exact) mass is 351 g/mol. The Bertz CT molecular complexity index is 866. The molecule has 0 unspecified atom stereocenters. The molecule has 0 atom stereocenters. The summed E-state index contributed by atoms with van der Waals surface area (Å²) in [6, 6.07) is 11.2. The molecule has 0 bridgehead atoms. The Labute approximate surface area is 151 Å². The summed E-state index contributed by atoms with van der Waals surface area (Å²) in [4.78, 5) is 12.4. The molecular formula is C19H21N5O2. The van der Waals surface area contributed by atoms with E-state index in [4.69, 9.17) is 4.42 Å². The van der Waals surface area contributed by atoms with Gasteiger partial charge in [-0.3, -0.25) is 4.79 Å². The molecule has 0 aliphatic heterocycles. The third-order valence-corrected chi connectivity index (χ3v) is 4.80.